The summed E-state index contributed by atoms with van der Waals surface area (Å²) in [4.78, 5) is 17.0. The molecule has 1 unspecified atom stereocenters. The molecule has 1 atom stereocenters. The van der Waals surface area contributed by atoms with Crippen LogP contribution in [0.5, 0.6) is 0 Å². The van der Waals surface area contributed by atoms with Crippen molar-refractivity contribution in [1.82, 2.24) is 10.2 Å². The minimum Gasteiger partial charge on any atom is -0.369 e. The van der Waals surface area contributed by atoms with E-state index in [9.17, 15) is 4.79 Å². The molecule has 0 bridgehead atoms. The summed E-state index contributed by atoms with van der Waals surface area (Å²) >= 11 is 0. The van der Waals surface area contributed by atoms with E-state index in [1.807, 2.05) is 26.1 Å². The van der Waals surface area contributed by atoms with Gasteiger partial charge in [-0.15, -0.1) is 0 Å². The molecule has 4 nitrogen and oxygen atoms in total. The Morgan fingerprint density at radius 3 is 2.30 bits per heavy atom. The van der Waals surface area contributed by atoms with Crippen molar-refractivity contribution in [3.05, 3.63) is 29.8 Å². The summed E-state index contributed by atoms with van der Waals surface area (Å²) in [6.07, 6.45) is 0.815. The van der Waals surface area contributed by atoms with Gasteiger partial charge in [0.25, 0.3) is 0 Å². The van der Waals surface area contributed by atoms with Crippen LogP contribution in [0.2, 0.25) is 0 Å². The first-order valence-corrected chi connectivity index (χ1v) is 7.40. The number of piperazine rings is 1. The maximum absolute atomic E-state index is 12.3. The number of likely N-dealkylation sites (N-methyl/N-ethyl adjacent to an activating group) is 2. The monoisotopic (exact) mass is 275 g/mol. The van der Waals surface area contributed by atoms with Crippen LogP contribution in [0.1, 0.15) is 23.7 Å². The largest absolute Gasteiger partial charge is 0.369 e. The van der Waals surface area contributed by atoms with E-state index in [0.717, 1.165) is 38.2 Å². The van der Waals surface area contributed by atoms with Gasteiger partial charge in [0.15, 0.2) is 5.78 Å². The fraction of sp³-hybridized carbons (Fsp3) is 0.562. The topological polar surface area (TPSA) is 35.6 Å². The van der Waals surface area contributed by atoms with Gasteiger partial charge in [-0.2, -0.15) is 0 Å². The SMILES string of the molecule is CCC(NC)C(=O)c1ccc(N2CCN(C)CC2)cc1. The van der Waals surface area contributed by atoms with Gasteiger partial charge in [0.05, 0.1) is 6.04 Å². The van der Waals surface area contributed by atoms with Gasteiger partial charge in [0.2, 0.25) is 0 Å². The van der Waals surface area contributed by atoms with Crippen molar-refractivity contribution in [2.75, 3.05) is 45.2 Å². The number of nitrogens with zero attached hydrogens (tertiary/aromatic N) is 2. The van der Waals surface area contributed by atoms with Crippen LogP contribution in [0, 0.1) is 0 Å². The van der Waals surface area contributed by atoms with E-state index in [-0.39, 0.29) is 11.8 Å². The molecule has 20 heavy (non-hydrogen) atoms. The molecule has 0 radical (unpaired) electrons. The molecule has 1 fully saturated rings. The minimum absolute atomic E-state index is 0.0792. The fourth-order valence-electron chi connectivity index (χ4n) is 2.62. The van der Waals surface area contributed by atoms with Crippen molar-refractivity contribution >= 4 is 11.5 Å². The molecule has 2 rings (SSSR count). The normalized spacial score (nSPS) is 18.1. The molecule has 1 aliphatic heterocycles. The van der Waals surface area contributed by atoms with Crippen LogP contribution in [-0.4, -0.2) is 57.0 Å². The number of benzene rings is 1. The van der Waals surface area contributed by atoms with Gasteiger partial charge in [-0.1, -0.05) is 6.92 Å². The number of rotatable bonds is 5. The van der Waals surface area contributed by atoms with E-state index in [2.05, 4.69) is 34.3 Å². The second-order valence-electron chi connectivity index (χ2n) is 5.45. The average Bonchev–Trinajstić information content (AvgIpc) is 2.49. The Hall–Kier alpha value is -1.39. The second-order valence-corrected chi connectivity index (χ2v) is 5.45. The lowest BCUT2D eigenvalue weighted by atomic mass is 10.0. The number of Topliss-reactive ketones (excluding diaryl/α,β-unsaturated/α-hetero) is 1. The van der Waals surface area contributed by atoms with Gasteiger partial charge >= 0.3 is 0 Å². The first kappa shape index (κ1) is 15.0. The molecule has 1 heterocycles. The first-order chi connectivity index (χ1) is 9.65. The van der Waals surface area contributed by atoms with Crippen molar-refractivity contribution in [1.29, 1.82) is 0 Å². The van der Waals surface area contributed by atoms with Crippen LogP contribution in [-0.2, 0) is 0 Å². The molecule has 0 amide bonds. The van der Waals surface area contributed by atoms with Crippen LogP contribution < -0.4 is 10.2 Å². The van der Waals surface area contributed by atoms with Gasteiger partial charge in [0.1, 0.15) is 0 Å². The van der Waals surface area contributed by atoms with Gasteiger partial charge in [-0.3, -0.25) is 4.79 Å². The second kappa shape index (κ2) is 6.86. The molecule has 0 aliphatic carbocycles. The molecular weight excluding hydrogens is 250 g/mol. The zero-order valence-corrected chi connectivity index (χ0v) is 12.7. The summed E-state index contributed by atoms with van der Waals surface area (Å²) in [7, 11) is 3.99. The van der Waals surface area contributed by atoms with Crippen LogP contribution in [0.4, 0.5) is 5.69 Å². The Kier molecular flexibility index (Phi) is 5.15. The predicted molar refractivity (Wildman–Crippen MR) is 83.6 cm³/mol. The highest BCUT2D eigenvalue weighted by Crippen LogP contribution is 2.18. The highest BCUT2D eigenvalue weighted by atomic mass is 16.1. The number of carbonyl (C=O) groups is 1. The van der Waals surface area contributed by atoms with Crippen molar-refractivity contribution in [2.24, 2.45) is 0 Å². The zero-order valence-electron chi connectivity index (χ0n) is 12.7. The first-order valence-electron chi connectivity index (χ1n) is 7.40. The lowest BCUT2D eigenvalue weighted by Gasteiger charge is -2.34. The third kappa shape index (κ3) is 3.38. The third-order valence-corrected chi connectivity index (χ3v) is 4.09. The lowest BCUT2D eigenvalue weighted by molar-refractivity contribution is 0.0945. The smallest absolute Gasteiger partial charge is 0.179 e. The van der Waals surface area contributed by atoms with Crippen LogP contribution >= 0.6 is 0 Å². The molecule has 110 valence electrons. The summed E-state index contributed by atoms with van der Waals surface area (Å²) < 4.78 is 0. The van der Waals surface area contributed by atoms with Crippen molar-refractivity contribution in [2.45, 2.75) is 19.4 Å². The average molecular weight is 275 g/mol. The van der Waals surface area contributed by atoms with E-state index in [0.29, 0.717) is 0 Å². The quantitative estimate of drug-likeness (QED) is 0.828. The summed E-state index contributed by atoms with van der Waals surface area (Å²) in [5.74, 6) is 0.180. The minimum atomic E-state index is -0.0792. The predicted octanol–water partition coefficient (Wildman–Crippen LogP) is 1.62. The van der Waals surface area contributed by atoms with Crippen molar-refractivity contribution < 1.29 is 4.79 Å². The maximum atomic E-state index is 12.3. The highest BCUT2D eigenvalue weighted by molar-refractivity contribution is 6.00. The Bertz CT molecular complexity index is 432. The maximum Gasteiger partial charge on any atom is 0.179 e. The van der Waals surface area contributed by atoms with Gasteiger partial charge in [-0.25, -0.2) is 0 Å². The molecule has 1 saturated heterocycles. The molecule has 1 aromatic rings. The molecule has 0 aromatic heterocycles. The number of hydrogen-bond acceptors (Lipinski definition) is 4. The Balaban J connectivity index is 2.04. The van der Waals surface area contributed by atoms with Crippen LogP contribution in [0.3, 0.4) is 0 Å². The Morgan fingerprint density at radius 1 is 1.20 bits per heavy atom. The third-order valence-electron chi connectivity index (χ3n) is 4.09. The van der Waals surface area contributed by atoms with Gasteiger partial charge < -0.3 is 15.1 Å². The van der Waals surface area contributed by atoms with Crippen LogP contribution in [0.15, 0.2) is 24.3 Å². The van der Waals surface area contributed by atoms with E-state index in [1.165, 1.54) is 5.69 Å². The molecule has 1 N–H and O–H groups in total. The summed E-state index contributed by atoms with van der Waals surface area (Å²) in [5.41, 5.74) is 2.01. The molecule has 1 aromatic carbocycles. The molecule has 4 heteroatoms. The van der Waals surface area contributed by atoms with E-state index in [1.54, 1.807) is 0 Å². The fourth-order valence-corrected chi connectivity index (χ4v) is 2.62. The van der Waals surface area contributed by atoms with E-state index < -0.39 is 0 Å². The van der Waals surface area contributed by atoms with E-state index >= 15 is 0 Å². The standard InChI is InChI=1S/C16H25N3O/c1-4-15(17-2)16(20)13-5-7-14(8-6-13)19-11-9-18(3)10-12-19/h5-8,15,17H,4,9-12H2,1-3H3. The van der Waals surface area contributed by atoms with Gasteiger partial charge in [-0.05, 0) is 44.8 Å². The number of carbonyl (C=O) groups excluding carboxylic acids is 1. The van der Waals surface area contributed by atoms with Crippen molar-refractivity contribution in [3.8, 4) is 0 Å². The number of ketones is 1. The molecule has 1 aliphatic rings. The molecular formula is C16H25N3O. The van der Waals surface area contributed by atoms with Gasteiger partial charge in [0, 0.05) is 37.4 Å². The highest BCUT2D eigenvalue weighted by Gasteiger charge is 2.17. The summed E-state index contributed by atoms with van der Waals surface area (Å²) in [5, 5.41) is 3.07. The Morgan fingerprint density at radius 2 is 1.80 bits per heavy atom. The molecule has 0 spiro atoms. The lowest BCUT2D eigenvalue weighted by Crippen LogP contribution is -2.44. The van der Waals surface area contributed by atoms with E-state index in [4.69, 9.17) is 0 Å². The number of hydrogen-bond donors (Lipinski definition) is 1. The summed E-state index contributed by atoms with van der Waals surface area (Å²) in [6.45, 7) is 6.32. The number of nitrogens with one attached hydrogen (secondary N) is 1. The molecule has 0 saturated carbocycles. The Labute approximate surface area is 121 Å². The van der Waals surface area contributed by atoms with Crippen molar-refractivity contribution in [3.63, 3.8) is 0 Å². The van der Waals surface area contributed by atoms with Crippen LogP contribution in [0.25, 0.3) is 0 Å². The number of anilines is 1. The summed E-state index contributed by atoms with van der Waals surface area (Å²) in [6, 6.07) is 7.97. The zero-order chi connectivity index (χ0) is 14.5.